The number of likely N-dealkylation sites (tertiary alicyclic amines) is 1. The lowest BCUT2D eigenvalue weighted by Gasteiger charge is -2.43. The highest BCUT2D eigenvalue weighted by Gasteiger charge is 2.55. The van der Waals surface area contributed by atoms with Crippen molar-refractivity contribution >= 4 is 43.3 Å². The van der Waals surface area contributed by atoms with Crippen LogP contribution >= 0.6 is 12.6 Å². The Morgan fingerprint density at radius 2 is 1.73 bits per heavy atom. The Balaban J connectivity index is 1.59. The van der Waals surface area contributed by atoms with E-state index in [4.69, 9.17) is 22.0 Å². The molecule has 0 atom stereocenters. The second-order valence-electron chi connectivity index (χ2n) is 13.2. The van der Waals surface area contributed by atoms with Gasteiger partial charge in [-0.05, 0) is 91.7 Å². The Morgan fingerprint density at radius 3 is 2.27 bits per heavy atom. The summed E-state index contributed by atoms with van der Waals surface area (Å²) in [7, 11) is 1.80. The molecule has 0 N–H and O–H groups in total. The maximum atomic E-state index is 14.2. The monoisotopic (exact) mass is 527 g/mol. The average Bonchev–Trinajstić information content (AvgIpc) is 2.98. The Labute approximate surface area is 229 Å². The summed E-state index contributed by atoms with van der Waals surface area (Å²) in [6, 6.07) is 6.52. The minimum absolute atomic E-state index is 0.195. The number of hydrogen-bond acceptors (Lipinski definition) is 5. The van der Waals surface area contributed by atoms with E-state index in [1.54, 1.807) is 12.4 Å². The van der Waals surface area contributed by atoms with Crippen LogP contribution in [0, 0.1) is 5.92 Å². The zero-order valence-electron chi connectivity index (χ0n) is 23.9. The van der Waals surface area contributed by atoms with Crippen molar-refractivity contribution in [3.05, 3.63) is 23.8 Å². The predicted octanol–water partition coefficient (Wildman–Crippen LogP) is 5.24. The van der Waals surface area contributed by atoms with Crippen molar-refractivity contribution in [2.45, 2.75) is 115 Å². The number of rotatable bonds is 6. The predicted molar refractivity (Wildman–Crippen MR) is 153 cm³/mol. The van der Waals surface area contributed by atoms with E-state index in [1.807, 2.05) is 48.5 Å². The molecule has 1 saturated heterocycles. The molecule has 8 heteroatoms. The normalized spacial score (nSPS) is 23.6. The second kappa shape index (κ2) is 9.82. The summed E-state index contributed by atoms with van der Waals surface area (Å²) in [6.45, 7) is 17.0. The number of carbonyl (C=O) groups is 2. The number of ether oxygens (including phenoxy) is 1. The van der Waals surface area contributed by atoms with Crippen molar-refractivity contribution in [3.63, 3.8) is 0 Å². The highest BCUT2D eigenvalue weighted by atomic mass is 32.1. The van der Waals surface area contributed by atoms with Gasteiger partial charge >= 0.3 is 13.6 Å². The van der Waals surface area contributed by atoms with E-state index in [0.717, 1.165) is 36.0 Å². The van der Waals surface area contributed by atoms with Crippen molar-refractivity contribution in [1.29, 1.82) is 0 Å². The van der Waals surface area contributed by atoms with Gasteiger partial charge in [0.2, 0.25) is 5.91 Å². The topological polar surface area (TPSA) is 59.1 Å². The van der Waals surface area contributed by atoms with E-state index in [0.29, 0.717) is 31.8 Å². The molecule has 2 fully saturated rings. The SMILES string of the molecule is CCC1CC(N2C(=O)C3(CCN(C(=O)OC(C)(C)C)CC3)c3ccc([B]OC(C)(C)C(C)(C)S)cc32)C1. The first kappa shape index (κ1) is 28.3. The molecule has 2 amide bonds. The lowest BCUT2D eigenvalue weighted by Crippen LogP contribution is -2.54. The highest BCUT2D eigenvalue weighted by molar-refractivity contribution is 7.81. The van der Waals surface area contributed by atoms with Gasteiger partial charge in [-0.3, -0.25) is 4.79 Å². The molecule has 0 unspecified atom stereocenters. The van der Waals surface area contributed by atoms with Crippen molar-refractivity contribution < 1.29 is 19.0 Å². The first-order valence-corrected chi connectivity index (χ1v) is 14.2. The summed E-state index contributed by atoms with van der Waals surface area (Å²) in [6.07, 6.45) is 4.17. The quantitative estimate of drug-likeness (QED) is 0.406. The van der Waals surface area contributed by atoms with Gasteiger partial charge < -0.3 is 19.2 Å². The fourth-order valence-electron chi connectivity index (χ4n) is 5.53. The molecule has 4 rings (SSSR count). The lowest BCUT2D eigenvalue weighted by atomic mass is 9.72. The average molecular weight is 528 g/mol. The smallest absolute Gasteiger partial charge is 0.410 e. The van der Waals surface area contributed by atoms with Crippen LogP contribution in [0.25, 0.3) is 0 Å². The van der Waals surface area contributed by atoms with E-state index in [9.17, 15) is 9.59 Å². The van der Waals surface area contributed by atoms with Gasteiger partial charge in [0.25, 0.3) is 0 Å². The molecule has 3 aliphatic rings. The van der Waals surface area contributed by atoms with Crippen LogP contribution in [-0.4, -0.2) is 59.5 Å². The number of piperidine rings is 1. The number of carbonyl (C=O) groups excluding carboxylic acids is 2. The Morgan fingerprint density at radius 1 is 1.11 bits per heavy atom. The van der Waals surface area contributed by atoms with Crippen LogP contribution in [0.3, 0.4) is 0 Å². The van der Waals surface area contributed by atoms with E-state index in [1.165, 1.54) is 0 Å². The van der Waals surface area contributed by atoms with Gasteiger partial charge in [0.15, 0.2) is 0 Å². The van der Waals surface area contributed by atoms with Crippen LogP contribution < -0.4 is 10.4 Å². The van der Waals surface area contributed by atoms with E-state index in [2.05, 4.69) is 30.0 Å². The minimum Gasteiger partial charge on any atom is -0.444 e. The number of anilines is 1. The van der Waals surface area contributed by atoms with Crippen molar-refractivity contribution in [3.8, 4) is 0 Å². The number of thiol groups is 1. The third kappa shape index (κ3) is 5.43. The number of amides is 2. The van der Waals surface area contributed by atoms with Crippen molar-refractivity contribution in [1.82, 2.24) is 4.90 Å². The van der Waals surface area contributed by atoms with Crippen LogP contribution in [0.5, 0.6) is 0 Å². The number of fused-ring (bicyclic) bond motifs is 2. The van der Waals surface area contributed by atoms with Crippen LogP contribution in [0.1, 0.15) is 93.1 Å². The molecule has 1 radical (unpaired) electrons. The van der Waals surface area contributed by atoms with Gasteiger partial charge in [-0.1, -0.05) is 30.9 Å². The Hall–Kier alpha value is -1.67. The zero-order chi connectivity index (χ0) is 27.4. The summed E-state index contributed by atoms with van der Waals surface area (Å²) in [5.74, 6) is 0.879. The number of benzene rings is 1. The van der Waals surface area contributed by atoms with Gasteiger partial charge in [0, 0.05) is 29.6 Å². The molecule has 0 aromatic heterocycles. The van der Waals surface area contributed by atoms with Gasteiger partial charge in [0.05, 0.1) is 11.0 Å². The Kier molecular flexibility index (Phi) is 7.52. The maximum Gasteiger partial charge on any atom is 0.410 e. The van der Waals surface area contributed by atoms with Gasteiger partial charge in [-0.2, -0.15) is 12.6 Å². The molecule has 37 heavy (non-hydrogen) atoms. The Bertz CT molecular complexity index is 1030. The maximum absolute atomic E-state index is 14.2. The van der Waals surface area contributed by atoms with Gasteiger partial charge in [-0.25, -0.2) is 4.79 Å². The summed E-state index contributed by atoms with van der Waals surface area (Å²) in [4.78, 5) is 30.7. The van der Waals surface area contributed by atoms with E-state index in [-0.39, 0.29) is 22.8 Å². The largest absolute Gasteiger partial charge is 0.444 e. The molecule has 0 bridgehead atoms. The van der Waals surface area contributed by atoms with Gasteiger partial charge in [0.1, 0.15) is 5.60 Å². The number of hydrogen-bond donors (Lipinski definition) is 1. The van der Waals surface area contributed by atoms with E-state index < -0.39 is 16.6 Å². The molecule has 203 valence electrons. The molecule has 1 aromatic carbocycles. The van der Waals surface area contributed by atoms with Crippen LogP contribution in [-0.2, 0) is 19.6 Å². The van der Waals surface area contributed by atoms with Crippen LogP contribution in [0.2, 0.25) is 0 Å². The van der Waals surface area contributed by atoms with E-state index >= 15 is 0 Å². The fraction of sp³-hybridized carbons (Fsp3) is 0.724. The molecular formula is C29H44BN2O4S. The first-order valence-electron chi connectivity index (χ1n) is 13.8. The third-order valence-electron chi connectivity index (χ3n) is 8.81. The summed E-state index contributed by atoms with van der Waals surface area (Å²) in [5, 5.41) is 0. The molecule has 1 aliphatic carbocycles. The molecule has 1 saturated carbocycles. The van der Waals surface area contributed by atoms with Crippen LogP contribution in [0.15, 0.2) is 18.2 Å². The molecule has 6 nitrogen and oxygen atoms in total. The molecule has 2 heterocycles. The summed E-state index contributed by atoms with van der Waals surface area (Å²) < 4.78 is 11.5. The standard InChI is InChI=1S/C29H44BN2O4S/c1-9-19-16-21(17-19)32-23-18-20(30-36-27(5,6)28(7,8)37)10-11-22(23)29(24(32)33)12-14-31(15-13-29)25(34)35-26(2,3)4/h10-11,18-19,21,37H,9,12-17H2,1-8H3. The first-order chi connectivity index (χ1) is 17.1. The number of nitrogens with zero attached hydrogens (tertiary/aromatic N) is 2. The third-order valence-corrected chi connectivity index (χ3v) is 9.35. The van der Waals surface area contributed by atoms with Gasteiger partial charge in [-0.15, -0.1) is 0 Å². The second-order valence-corrected chi connectivity index (χ2v) is 14.3. The highest BCUT2D eigenvalue weighted by Crippen LogP contribution is 2.51. The van der Waals surface area contributed by atoms with Crippen LogP contribution in [0.4, 0.5) is 10.5 Å². The minimum atomic E-state index is -0.586. The summed E-state index contributed by atoms with van der Waals surface area (Å²) >= 11 is 4.71. The molecule has 1 spiro atoms. The van der Waals surface area contributed by atoms with Crippen molar-refractivity contribution in [2.24, 2.45) is 5.92 Å². The lowest BCUT2D eigenvalue weighted by molar-refractivity contribution is -0.126. The zero-order valence-corrected chi connectivity index (χ0v) is 24.8. The fourth-order valence-corrected chi connectivity index (χ4v) is 5.58. The molecular weight excluding hydrogens is 483 g/mol. The molecule has 1 aromatic rings. The van der Waals surface area contributed by atoms with Crippen molar-refractivity contribution in [2.75, 3.05) is 18.0 Å². The summed E-state index contributed by atoms with van der Waals surface area (Å²) in [5.41, 5.74) is 1.45. The molecule has 2 aliphatic heterocycles.